The number of Topliss-reactive ketones (excluding diaryl/α,β-unsaturated/α-hetero) is 1. The first-order chi connectivity index (χ1) is 19.0. The topological polar surface area (TPSA) is 57.5 Å². The highest BCUT2D eigenvalue weighted by Crippen LogP contribution is 2.60. The third-order valence-electron chi connectivity index (χ3n) is 13.2. The van der Waals surface area contributed by atoms with Crippen LogP contribution in [0.15, 0.2) is 24.3 Å². The van der Waals surface area contributed by atoms with Crippen LogP contribution in [0.5, 0.6) is 0 Å². The first-order valence-electron chi connectivity index (χ1n) is 17.3. The molecule has 6 aliphatic rings. The Bertz CT molecular complexity index is 930. The lowest BCUT2D eigenvalue weighted by molar-refractivity contribution is -0.129. The molecule has 42 heavy (non-hydrogen) atoms. The second-order valence-electron chi connectivity index (χ2n) is 15.9. The zero-order valence-corrected chi connectivity index (χ0v) is 26.4. The van der Waals surface area contributed by atoms with Crippen molar-refractivity contribution >= 4 is 5.78 Å². The zero-order chi connectivity index (χ0) is 28.7. The molecule has 0 amide bonds. The lowest BCUT2D eigenvalue weighted by Crippen LogP contribution is -2.39. The number of carbonyl (C=O) groups excluding carboxylic acids is 1. The highest BCUT2D eigenvalue weighted by atomic mass is 16.3. The van der Waals surface area contributed by atoms with Crippen molar-refractivity contribution in [3.05, 3.63) is 24.3 Å². The van der Waals surface area contributed by atoms with Crippen LogP contribution in [0, 0.1) is 64.1 Å². The summed E-state index contributed by atoms with van der Waals surface area (Å²) in [5.41, 5.74) is 0.773. The molecule has 242 valence electrons. The van der Waals surface area contributed by atoms with Crippen molar-refractivity contribution in [3.63, 3.8) is 0 Å². The number of hydrogen-bond acceptors (Lipinski definition) is 3. The molecule has 0 saturated heterocycles. The summed E-state index contributed by atoms with van der Waals surface area (Å²) in [7, 11) is 0. The van der Waals surface area contributed by atoms with Crippen molar-refractivity contribution < 1.29 is 15.0 Å². The number of allylic oxidation sites excluding steroid dienone is 2. The predicted molar refractivity (Wildman–Crippen MR) is 178 cm³/mol. The molecule has 0 aromatic heterocycles. The van der Waals surface area contributed by atoms with Crippen molar-refractivity contribution in [2.45, 2.75) is 152 Å². The van der Waals surface area contributed by atoms with Gasteiger partial charge in [-0.25, -0.2) is 0 Å². The smallest absolute Gasteiger partial charge is 0.136 e. The molecule has 0 radical (unpaired) electrons. The summed E-state index contributed by atoms with van der Waals surface area (Å²) in [6, 6.07) is 0. The maximum Gasteiger partial charge on any atom is 0.136 e. The molecule has 6 fully saturated rings. The summed E-state index contributed by atoms with van der Waals surface area (Å²) < 4.78 is 0. The average Bonchev–Trinajstić information content (AvgIpc) is 3.85. The van der Waals surface area contributed by atoms with Gasteiger partial charge in [-0.05, 0) is 129 Å². The van der Waals surface area contributed by atoms with Gasteiger partial charge in [-0.15, -0.1) is 0 Å². The van der Waals surface area contributed by atoms with Gasteiger partial charge in [0.1, 0.15) is 5.78 Å². The summed E-state index contributed by atoms with van der Waals surface area (Å²) in [5, 5.41) is 20.0. The molecule has 0 bridgehead atoms. The van der Waals surface area contributed by atoms with Gasteiger partial charge in [-0.3, -0.25) is 4.79 Å². The van der Waals surface area contributed by atoms with Crippen LogP contribution in [-0.2, 0) is 4.79 Å². The SMILES string of the molecule is C.C.CC1CCC[C@]2(C)[C@@H]([C@H](C)/C=C/[C@@H](O)C3CC3)CC[C@@H]12.C[C@H](/C=C/[C@@H](O)C1CC1)[C@H]1CC[C@H]2C(=O)CCC[C@]12C. The van der Waals surface area contributed by atoms with Crippen molar-refractivity contribution in [3.8, 4) is 0 Å². The van der Waals surface area contributed by atoms with E-state index in [1.165, 1.54) is 70.6 Å². The Hall–Kier alpha value is -0.930. The maximum atomic E-state index is 12.2. The minimum absolute atomic E-state index is 0. The number of fused-ring (bicyclic) bond motifs is 2. The van der Waals surface area contributed by atoms with E-state index in [0.29, 0.717) is 46.7 Å². The Morgan fingerprint density at radius 1 is 0.690 bits per heavy atom. The quantitative estimate of drug-likeness (QED) is 0.279. The summed E-state index contributed by atoms with van der Waals surface area (Å²) in [6.07, 6.45) is 25.5. The fourth-order valence-corrected chi connectivity index (χ4v) is 10.3. The number of carbonyl (C=O) groups is 1. The van der Waals surface area contributed by atoms with Gasteiger partial charge in [-0.2, -0.15) is 0 Å². The Morgan fingerprint density at radius 2 is 1.19 bits per heavy atom. The molecule has 1 unspecified atom stereocenters. The van der Waals surface area contributed by atoms with E-state index in [1.807, 2.05) is 6.08 Å². The molecule has 3 nitrogen and oxygen atoms in total. The van der Waals surface area contributed by atoms with Gasteiger partial charge < -0.3 is 10.2 Å². The minimum atomic E-state index is -0.240. The standard InChI is InChI=1S/C19H32O.C18H28O2.2CH4/c1-13-5-4-12-19(3)16(13)9-10-17(19)14(2)6-11-18(20)15-7-8-15;1-12(5-10-16(19)13-6-7-13)14-8-9-15-17(20)4-3-11-18(14,15)2;;/h6,11,13-18,20H,4-5,7-10,12H2,1-3H3;5,10,12-16,19H,3-4,6-9,11H2,1-2H3;2*1H4/b11-6+;10-5+;;/t13?,14-,16+,17-,18-,19+;12-,14-,15+,16-,18-;;/m11../s1. The van der Waals surface area contributed by atoms with Crippen molar-refractivity contribution in [1.82, 2.24) is 0 Å². The molecule has 11 atom stereocenters. The van der Waals surface area contributed by atoms with E-state index in [-0.39, 0.29) is 32.5 Å². The van der Waals surface area contributed by atoms with Crippen molar-refractivity contribution in [1.29, 1.82) is 0 Å². The fourth-order valence-electron chi connectivity index (χ4n) is 10.3. The third-order valence-corrected chi connectivity index (χ3v) is 13.2. The Kier molecular flexibility index (Phi) is 12.2. The first kappa shape index (κ1) is 35.5. The lowest BCUT2D eigenvalue weighted by Gasteiger charge is -2.45. The van der Waals surface area contributed by atoms with Gasteiger partial charge in [0.05, 0.1) is 12.2 Å². The molecule has 2 N–H and O–H groups in total. The van der Waals surface area contributed by atoms with Crippen LogP contribution in [0.3, 0.4) is 0 Å². The fraction of sp³-hybridized carbons (Fsp3) is 0.872. The molecule has 0 aliphatic heterocycles. The van der Waals surface area contributed by atoms with Gasteiger partial charge in [0.15, 0.2) is 0 Å². The number of ketones is 1. The van der Waals surface area contributed by atoms with Gasteiger partial charge >= 0.3 is 0 Å². The zero-order valence-electron chi connectivity index (χ0n) is 26.4. The average molecular weight is 585 g/mol. The van der Waals surface area contributed by atoms with Crippen molar-refractivity contribution in [2.24, 2.45) is 64.1 Å². The summed E-state index contributed by atoms with van der Waals surface area (Å²) in [4.78, 5) is 12.2. The molecule has 3 heteroatoms. The number of aliphatic hydroxyl groups excluding tert-OH is 2. The van der Waals surface area contributed by atoms with Gasteiger partial charge in [0.2, 0.25) is 0 Å². The maximum absolute atomic E-state index is 12.2. The summed E-state index contributed by atoms with van der Waals surface area (Å²) in [5.74, 6) is 6.32. The third kappa shape index (κ3) is 7.47. The predicted octanol–water partition coefficient (Wildman–Crippen LogP) is 9.81. The van der Waals surface area contributed by atoms with Crippen LogP contribution < -0.4 is 0 Å². The largest absolute Gasteiger partial charge is 0.389 e. The second kappa shape index (κ2) is 14.4. The Labute approximate surface area is 260 Å². The molecule has 6 rings (SSSR count). The summed E-state index contributed by atoms with van der Waals surface area (Å²) >= 11 is 0. The van der Waals surface area contributed by atoms with Crippen LogP contribution >= 0.6 is 0 Å². The van der Waals surface area contributed by atoms with Gasteiger partial charge in [0, 0.05) is 12.3 Å². The van der Waals surface area contributed by atoms with Crippen LogP contribution in [-0.4, -0.2) is 28.2 Å². The Balaban J connectivity index is 0.000000220. The lowest BCUT2D eigenvalue weighted by atomic mass is 9.60. The molecule has 6 aliphatic carbocycles. The molecule has 6 saturated carbocycles. The number of aliphatic hydroxyl groups is 2. The Morgan fingerprint density at radius 3 is 1.74 bits per heavy atom. The second-order valence-corrected chi connectivity index (χ2v) is 15.9. The molecule has 0 heterocycles. The number of rotatable bonds is 8. The summed E-state index contributed by atoms with van der Waals surface area (Å²) in [6.45, 7) is 12.0. The minimum Gasteiger partial charge on any atom is -0.389 e. The van der Waals surface area contributed by atoms with E-state index < -0.39 is 0 Å². The normalized spacial score (nSPS) is 40.6. The molecule has 0 aromatic rings. The molecule has 0 spiro atoms. The van der Waals surface area contributed by atoms with Crippen molar-refractivity contribution in [2.75, 3.05) is 0 Å². The van der Waals surface area contributed by atoms with E-state index in [9.17, 15) is 15.0 Å². The van der Waals surface area contributed by atoms with Crippen LogP contribution in [0.1, 0.15) is 139 Å². The van der Waals surface area contributed by atoms with E-state index in [4.69, 9.17) is 0 Å². The van der Waals surface area contributed by atoms with Gasteiger partial charge in [-0.1, -0.05) is 86.6 Å². The van der Waals surface area contributed by atoms with Crippen LogP contribution in [0.2, 0.25) is 0 Å². The van der Waals surface area contributed by atoms with E-state index in [2.05, 4.69) is 52.8 Å². The number of hydrogen-bond donors (Lipinski definition) is 2. The van der Waals surface area contributed by atoms with Crippen LogP contribution in [0.25, 0.3) is 0 Å². The van der Waals surface area contributed by atoms with E-state index in [0.717, 1.165) is 37.0 Å². The molecular formula is C39H68O3. The molecule has 0 aromatic carbocycles. The highest BCUT2D eigenvalue weighted by Gasteiger charge is 2.52. The van der Waals surface area contributed by atoms with Crippen LogP contribution in [0.4, 0.5) is 0 Å². The van der Waals surface area contributed by atoms with Gasteiger partial charge in [0.25, 0.3) is 0 Å². The highest BCUT2D eigenvalue weighted by molar-refractivity contribution is 5.83. The molecular weight excluding hydrogens is 516 g/mol. The first-order valence-corrected chi connectivity index (χ1v) is 17.3. The van der Waals surface area contributed by atoms with E-state index >= 15 is 0 Å². The van der Waals surface area contributed by atoms with E-state index in [1.54, 1.807) is 0 Å². The monoisotopic (exact) mass is 585 g/mol.